The van der Waals surface area contributed by atoms with E-state index in [0.717, 1.165) is 19.4 Å². The zero-order chi connectivity index (χ0) is 10.7. The topological polar surface area (TPSA) is 40.5 Å². The standard InChI is InChI=1S/C11H21NO2/c1-8(2)10(11(13)14)12-7-5-4-6-9(12)3/h8-10H,4-7H2,1-3H3,(H,13,14)/t9-,10-/m1/s1. The molecule has 3 nitrogen and oxygen atoms in total. The lowest BCUT2D eigenvalue weighted by molar-refractivity contribution is -0.146. The number of aliphatic carboxylic acids is 1. The minimum atomic E-state index is -0.672. The van der Waals surface area contributed by atoms with Crippen molar-refractivity contribution >= 4 is 5.97 Å². The summed E-state index contributed by atoms with van der Waals surface area (Å²) in [5, 5.41) is 9.17. The van der Waals surface area contributed by atoms with Crippen molar-refractivity contribution in [2.24, 2.45) is 5.92 Å². The third-order valence-electron chi connectivity index (χ3n) is 3.10. The van der Waals surface area contributed by atoms with Crippen molar-refractivity contribution in [3.63, 3.8) is 0 Å². The zero-order valence-corrected chi connectivity index (χ0v) is 9.36. The first-order valence-corrected chi connectivity index (χ1v) is 5.52. The van der Waals surface area contributed by atoms with E-state index in [1.165, 1.54) is 6.42 Å². The van der Waals surface area contributed by atoms with Crippen LogP contribution in [-0.2, 0) is 4.79 Å². The molecule has 0 aromatic rings. The van der Waals surface area contributed by atoms with Crippen LogP contribution in [0.3, 0.4) is 0 Å². The van der Waals surface area contributed by atoms with Gasteiger partial charge in [0.15, 0.2) is 0 Å². The summed E-state index contributed by atoms with van der Waals surface area (Å²) in [6.07, 6.45) is 3.51. The molecule has 1 rings (SSSR count). The Hall–Kier alpha value is -0.570. The van der Waals surface area contributed by atoms with E-state index in [4.69, 9.17) is 0 Å². The van der Waals surface area contributed by atoms with Crippen LogP contribution in [0.4, 0.5) is 0 Å². The highest BCUT2D eigenvalue weighted by Crippen LogP contribution is 2.22. The fraction of sp³-hybridized carbons (Fsp3) is 0.909. The summed E-state index contributed by atoms with van der Waals surface area (Å²) in [5.41, 5.74) is 0. The Balaban J connectivity index is 2.70. The van der Waals surface area contributed by atoms with E-state index < -0.39 is 5.97 Å². The Morgan fingerprint density at radius 2 is 2.07 bits per heavy atom. The summed E-state index contributed by atoms with van der Waals surface area (Å²) in [4.78, 5) is 13.3. The molecule has 0 saturated carbocycles. The number of carboxylic acid groups (broad SMARTS) is 1. The van der Waals surface area contributed by atoms with E-state index >= 15 is 0 Å². The fourth-order valence-corrected chi connectivity index (χ4v) is 2.34. The molecule has 1 saturated heterocycles. The van der Waals surface area contributed by atoms with E-state index in [-0.39, 0.29) is 12.0 Å². The van der Waals surface area contributed by atoms with Crippen molar-refractivity contribution in [1.29, 1.82) is 0 Å². The Morgan fingerprint density at radius 1 is 1.43 bits per heavy atom. The second-order valence-electron chi connectivity index (χ2n) is 4.61. The number of hydrogen-bond donors (Lipinski definition) is 1. The van der Waals surface area contributed by atoms with E-state index in [1.54, 1.807) is 0 Å². The molecule has 0 unspecified atom stereocenters. The number of likely N-dealkylation sites (tertiary alicyclic amines) is 1. The van der Waals surface area contributed by atoms with Crippen molar-refractivity contribution in [2.45, 2.75) is 52.1 Å². The summed E-state index contributed by atoms with van der Waals surface area (Å²) in [6, 6.07) is 0.123. The first-order valence-electron chi connectivity index (χ1n) is 5.52. The Kier molecular flexibility index (Phi) is 3.93. The van der Waals surface area contributed by atoms with Crippen LogP contribution in [0.1, 0.15) is 40.0 Å². The monoisotopic (exact) mass is 199 g/mol. The number of hydrogen-bond acceptors (Lipinski definition) is 2. The number of rotatable bonds is 3. The largest absolute Gasteiger partial charge is 0.480 e. The van der Waals surface area contributed by atoms with Crippen LogP contribution in [0.2, 0.25) is 0 Å². The van der Waals surface area contributed by atoms with Gasteiger partial charge in [0, 0.05) is 6.04 Å². The molecule has 1 aliphatic heterocycles. The lowest BCUT2D eigenvalue weighted by Gasteiger charge is -2.39. The quantitative estimate of drug-likeness (QED) is 0.755. The summed E-state index contributed by atoms with van der Waals surface area (Å²) in [5.74, 6) is -0.484. The van der Waals surface area contributed by atoms with Gasteiger partial charge < -0.3 is 5.11 Å². The molecule has 0 aromatic carbocycles. The predicted molar refractivity (Wildman–Crippen MR) is 56.3 cm³/mol. The molecule has 0 radical (unpaired) electrons. The van der Waals surface area contributed by atoms with Crippen molar-refractivity contribution in [2.75, 3.05) is 6.54 Å². The average molecular weight is 199 g/mol. The molecule has 2 atom stereocenters. The van der Waals surface area contributed by atoms with E-state index in [9.17, 15) is 9.90 Å². The minimum Gasteiger partial charge on any atom is -0.480 e. The Labute approximate surface area is 86.1 Å². The number of nitrogens with zero attached hydrogens (tertiary/aromatic N) is 1. The first kappa shape index (κ1) is 11.5. The SMILES string of the molecule is CC(C)[C@H](C(=O)O)N1CCCC[C@H]1C. The molecule has 1 N–H and O–H groups in total. The summed E-state index contributed by atoms with van der Waals surface area (Å²) in [6.45, 7) is 7.05. The van der Waals surface area contributed by atoms with Gasteiger partial charge in [-0.2, -0.15) is 0 Å². The lowest BCUT2D eigenvalue weighted by Crippen LogP contribution is -2.51. The van der Waals surface area contributed by atoms with Gasteiger partial charge in [0.25, 0.3) is 0 Å². The maximum atomic E-state index is 11.1. The third-order valence-corrected chi connectivity index (χ3v) is 3.10. The molecular formula is C11H21NO2. The third kappa shape index (κ3) is 2.47. The average Bonchev–Trinajstić information content (AvgIpc) is 2.07. The van der Waals surface area contributed by atoms with Gasteiger partial charge in [-0.05, 0) is 32.2 Å². The molecule has 82 valence electrons. The van der Waals surface area contributed by atoms with E-state index in [1.807, 2.05) is 13.8 Å². The van der Waals surface area contributed by atoms with Crippen LogP contribution in [0.5, 0.6) is 0 Å². The Morgan fingerprint density at radius 3 is 2.50 bits per heavy atom. The van der Waals surface area contributed by atoms with Crippen LogP contribution < -0.4 is 0 Å². The van der Waals surface area contributed by atoms with Crippen molar-refractivity contribution in [3.8, 4) is 0 Å². The van der Waals surface area contributed by atoms with Crippen molar-refractivity contribution in [3.05, 3.63) is 0 Å². The minimum absolute atomic E-state index is 0.188. The van der Waals surface area contributed by atoms with Gasteiger partial charge in [0.2, 0.25) is 0 Å². The molecule has 14 heavy (non-hydrogen) atoms. The molecular weight excluding hydrogens is 178 g/mol. The van der Waals surface area contributed by atoms with Crippen molar-refractivity contribution < 1.29 is 9.90 Å². The van der Waals surface area contributed by atoms with Crippen LogP contribution in [0, 0.1) is 5.92 Å². The maximum absolute atomic E-state index is 11.1. The Bertz CT molecular complexity index is 203. The smallest absolute Gasteiger partial charge is 0.321 e. The van der Waals surface area contributed by atoms with E-state index in [0.29, 0.717) is 6.04 Å². The van der Waals surface area contributed by atoms with Gasteiger partial charge in [-0.15, -0.1) is 0 Å². The highest BCUT2D eigenvalue weighted by molar-refractivity contribution is 5.73. The molecule has 0 amide bonds. The lowest BCUT2D eigenvalue weighted by atomic mass is 9.95. The predicted octanol–water partition coefficient (Wildman–Crippen LogP) is 1.97. The molecule has 0 spiro atoms. The maximum Gasteiger partial charge on any atom is 0.321 e. The van der Waals surface area contributed by atoms with Gasteiger partial charge in [-0.3, -0.25) is 9.69 Å². The molecule has 3 heteroatoms. The molecule has 1 heterocycles. The normalized spacial score (nSPS) is 26.4. The molecule has 0 bridgehead atoms. The summed E-state index contributed by atoms with van der Waals surface area (Å²) < 4.78 is 0. The number of carboxylic acids is 1. The van der Waals surface area contributed by atoms with Gasteiger partial charge >= 0.3 is 5.97 Å². The number of carbonyl (C=O) groups is 1. The zero-order valence-electron chi connectivity index (χ0n) is 9.36. The fourth-order valence-electron chi connectivity index (χ4n) is 2.34. The molecule has 0 aliphatic carbocycles. The van der Waals surface area contributed by atoms with Crippen LogP contribution in [-0.4, -0.2) is 34.6 Å². The molecule has 1 aliphatic rings. The van der Waals surface area contributed by atoms with Crippen LogP contribution >= 0.6 is 0 Å². The molecule has 1 fully saturated rings. The van der Waals surface area contributed by atoms with Crippen molar-refractivity contribution in [1.82, 2.24) is 4.90 Å². The van der Waals surface area contributed by atoms with Gasteiger partial charge in [0.05, 0.1) is 0 Å². The second-order valence-corrected chi connectivity index (χ2v) is 4.61. The first-order chi connectivity index (χ1) is 6.54. The van der Waals surface area contributed by atoms with E-state index in [2.05, 4.69) is 11.8 Å². The highest BCUT2D eigenvalue weighted by Gasteiger charge is 2.32. The molecule has 0 aromatic heterocycles. The number of piperidine rings is 1. The summed E-state index contributed by atoms with van der Waals surface area (Å²) in [7, 11) is 0. The van der Waals surface area contributed by atoms with Gasteiger partial charge in [0.1, 0.15) is 6.04 Å². The van der Waals surface area contributed by atoms with Gasteiger partial charge in [-0.25, -0.2) is 0 Å². The van der Waals surface area contributed by atoms with Crippen LogP contribution in [0.25, 0.3) is 0 Å². The van der Waals surface area contributed by atoms with Gasteiger partial charge in [-0.1, -0.05) is 20.3 Å². The summed E-state index contributed by atoms with van der Waals surface area (Å²) >= 11 is 0. The highest BCUT2D eigenvalue weighted by atomic mass is 16.4. The van der Waals surface area contributed by atoms with Crippen LogP contribution in [0.15, 0.2) is 0 Å². The second kappa shape index (κ2) is 4.78.